The molecule has 12 unspecified atom stereocenters. The molecule has 12 atom stereocenters. The third kappa shape index (κ3) is 31.4. The zero-order chi connectivity index (χ0) is 53.9. The molecule has 14 nitrogen and oxygen atoms in total. The second-order valence-corrected chi connectivity index (χ2v) is 21.1. The van der Waals surface area contributed by atoms with Crippen molar-refractivity contribution in [2.75, 3.05) is 19.8 Å². The minimum absolute atomic E-state index is 0.208. The summed E-state index contributed by atoms with van der Waals surface area (Å²) in [7, 11) is 0. The number of hydrogen-bond acceptors (Lipinski definition) is 13. The van der Waals surface area contributed by atoms with Gasteiger partial charge in [0.05, 0.1) is 32.0 Å². The number of carbonyl (C=O) groups excluding carboxylic acids is 1. The number of rotatable bonds is 47. The second kappa shape index (κ2) is 45.9. The number of amides is 1. The quantitative estimate of drug-likeness (QED) is 0.0205. The Hall–Kier alpha value is -2.05. The molecule has 0 radical (unpaired) electrons. The Morgan fingerprint density at radius 2 is 0.932 bits per heavy atom. The van der Waals surface area contributed by atoms with Gasteiger partial charge in [-0.2, -0.15) is 0 Å². The topological polar surface area (TPSA) is 228 Å². The fourth-order valence-electron chi connectivity index (χ4n) is 9.76. The first kappa shape index (κ1) is 68.1. The van der Waals surface area contributed by atoms with Crippen LogP contribution in [0.1, 0.15) is 232 Å². The van der Waals surface area contributed by atoms with E-state index in [9.17, 15) is 45.6 Å². The summed E-state index contributed by atoms with van der Waals surface area (Å²) in [6.45, 7) is 2.74. The summed E-state index contributed by atoms with van der Waals surface area (Å²) in [4.78, 5) is 13.2. The molecule has 2 aliphatic rings. The molecule has 2 aliphatic heterocycles. The van der Waals surface area contributed by atoms with Gasteiger partial charge in [0.25, 0.3) is 0 Å². The molecule has 2 heterocycles. The van der Waals surface area contributed by atoms with Crippen LogP contribution in [0.4, 0.5) is 0 Å². The number of unbranched alkanes of at least 4 members (excludes halogenated alkanes) is 26. The summed E-state index contributed by atoms with van der Waals surface area (Å²) in [5.74, 6) is -0.208. The van der Waals surface area contributed by atoms with E-state index in [0.29, 0.717) is 12.8 Å². The van der Waals surface area contributed by atoms with Crippen molar-refractivity contribution in [3.8, 4) is 0 Å². The second-order valence-electron chi connectivity index (χ2n) is 21.1. The van der Waals surface area contributed by atoms with E-state index < -0.39 is 86.8 Å². The molecule has 1 amide bonds. The Labute approximate surface area is 448 Å². The average Bonchev–Trinajstić information content (AvgIpc) is 3.40. The predicted octanol–water partition coefficient (Wildman–Crippen LogP) is 10.0. The Balaban J connectivity index is 1.65. The van der Waals surface area contributed by atoms with Crippen LogP contribution in [-0.2, 0) is 23.7 Å². The van der Waals surface area contributed by atoms with Crippen LogP contribution >= 0.6 is 0 Å². The molecule has 0 aliphatic carbocycles. The molecule has 0 aromatic carbocycles. The lowest BCUT2D eigenvalue weighted by Gasteiger charge is -2.46. The predicted molar refractivity (Wildman–Crippen MR) is 295 cm³/mol. The van der Waals surface area contributed by atoms with Crippen LogP contribution in [0.2, 0.25) is 0 Å². The summed E-state index contributed by atoms with van der Waals surface area (Å²) in [5, 5.41) is 87.1. The third-order valence-electron chi connectivity index (χ3n) is 14.6. The first-order chi connectivity index (χ1) is 36.1. The average molecular weight is 1050 g/mol. The number of carbonyl (C=O) groups is 1. The number of aliphatic hydroxyl groups is 8. The molecule has 9 N–H and O–H groups in total. The summed E-state index contributed by atoms with van der Waals surface area (Å²) < 4.78 is 22.8. The number of nitrogens with one attached hydrogen (secondary N) is 1. The largest absolute Gasteiger partial charge is 0.394 e. The maximum atomic E-state index is 13.2. The normalized spacial score (nSPS) is 25.5. The Kier molecular flexibility index (Phi) is 42.2. The highest BCUT2D eigenvalue weighted by molar-refractivity contribution is 5.76. The Morgan fingerprint density at radius 1 is 0.500 bits per heavy atom. The maximum absolute atomic E-state index is 13.2. The molecule has 14 heteroatoms. The van der Waals surface area contributed by atoms with E-state index >= 15 is 0 Å². The molecular weight excluding hydrogens is 943 g/mol. The maximum Gasteiger partial charge on any atom is 0.220 e. The van der Waals surface area contributed by atoms with Gasteiger partial charge >= 0.3 is 0 Å². The molecule has 0 aromatic heterocycles. The van der Waals surface area contributed by atoms with E-state index in [1.807, 2.05) is 0 Å². The molecule has 74 heavy (non-hydrogen) atoms. The van der Waals surface area contributed by atoms with Gasteiger partial charge in [-0.05, 0) is 51.4 Å². The first-order valence-electron chi connectivity index (χ1n) is 29.9. The fourth-order valence-corrected chi connectivity index (χ4v) is 9.76. The minimum Gasteiger partial charge on any atom is -0.394 e. The van der Waals surface area contributed by atoms with Crippen molar-refractivity contribution in [2.45, 2.75) is 306 Å². The smallest absolute Gasteiger partial charge is 0.220 e. The molecule has 0 bridgehead atoms. The lowest BCUT2D eigenvalue weighted by Crippen LogP contribution is -2.65. The van der Waals surface area contributed by atoms with Crippen LogP contribution in [0.15, 0.2) is 48.6 Å². The highest BCUT2D eigenvalue weighted by Crippen LogP contribution is 2.30. The van der Waals surface area contributed by atoms with E-state index in [1.165, 1.54) is 128 Å². The molecule has 2 rings (SSSR count). The summed E-state index contributed by atoms with van der Waals surface area (Å²) in [5.41, 5.74) is 0. The highest BCUT2D eigenvalue weighted by Gasteiger charge is 2.51. The van der Waals surface area contributed by atoms with Crippen LogP contribution in [0.25, 0.3) is 0 Å². The van der Waals surface area contributed by atoms with Gasteiger partial charge in [0.1, 0.15) is 48.8 Å². The van der Waals surface area contributed by atoms with Gasteiger partial charge in [-0.3, -0.25) is 4.79 Å². The van der Waals surface area contributed by atoms with Crippen molar-refractivity contribution >= 4 is 5.91 Å². The monoisotopic (exact) mass is 1050 g/mol. The van der Waals surface area contributed by atoms with Gasteiger partial charge in [-0.25, -0.2) is 0 Å². The van der Waals surface area contributed by atoms with Gasteiger partial charge in [0.2, 0.25) is 5.91 Å². The zero-order valence-corrected chi connectivity index (χ0v) is 46.3. The van der Waals surface area contributed by atoms with Crippen LogP contribution in [0, 0.1) is 0 Å². The number of allylic oxidation sites excluding steroid dienone is 8. The van der Waals surface area contributed by atoms with Crippen LogP contribution in [-0.4, -0.2) is 140 Å². The summed E-state index contributed by atoms with van der Waals surface area (Å²) in [6.07, 6.45) is 39.8. The van der Waals surface area contributed by atoms with Crippen molar-refractivity contribution < 1.29 is 64.6 Å². The van der Waals surface area contributed by atoms with Crippen LogP contribution in [0.5, 0.6) is 0 Å². The van der Waals surface area contributed by atoms with Crippen molar-refractivity contribution in [2.24, 2.45) is 0 Å². The zero-order valence-electron chi connectivity index (χ0n) is 46.3. The first-order valence-corrected chi connectivity index (χ1v) is 29.9. The van der Waals surface area contributed by atoms with Gasteiger partial charge in [-0.1, -0.05) is 223 Å². The lowest BCUT2D eigenvalue weighted by atomic mass is 9.97. The number of hydrogen-bond donors (Lipinski definition) is 9. The van der Waals surface area contributed by atoms with Crippen molar-refractivity contribution in [3.63, 3.8) is 0 Å². The van der Waals surface area contributed by atoms with Gasteiger partial charge in [0, 0.05) is 6.42 Å². The van der Waals surface area contributed by atoms with Crippen LogP contribution in [0.3, 0.4) is 0 Å². The molecule has 432 valence electrons. The van der Waals surface area contributed by atoms with Crippen molar-refractivity contribution in [3.05, 3.63) is 48.6 Å². The van der Waals surface area contributed by atoms with Gasteiger partial charge in [-0.15, -0.1) is 0 Å². The number of aliphatic hydroxyl groups excluding tert-OH is 8. The standard InChI is InChI=1S/C60H109NO13/c1-3-5-7-9-11-13-15-16-17-18-19-20-21-22-23-24-25-26-27-28-29-30-31-32-34-36-38-40-42-44-52(65)61-48(49(64)43-41-39-37-35-33-14-12-10-8-6-4-2)47-71-59-57(70)55(68)58(51(46-63)73-59)74-60-56(69)54(67)53(66)50(45-62)72-60/h5,7,11,13,16-17,19-20,48-51,53-60,62-64,66-70H,3-4,6,8-10,12,14-15,18,21-47H2,1-2H3,(H,61,65)/b7-5-,13-11-,17-16-,20-19-. The van der Waals surface area contributed by atoms with E-state index in [4.69, 9.17) is 18.9 Å². The Bertz CT molecular complexity index is 1430. The van der Waals surface area contributed by atoms with Gasteiger partial charge < -0.3 is 65.1 Å². The molecule has 0 aromatic rings. The summed E-state index contributed by atoms with van der Waals surface area (Å²) >= 11 is 0. The van der Waals surface area contributed by atoms with E-state index in [2.05, 4.69) is 67.8 Å². The molecule has 0 saturated carbocycles. The van der Waals surface area contributed by atoms with Crippen molar-refractivity contribution in [1.29, 1.82) is 0 Å². The fraction of sp³-hybridized carbons (Fsp3) is 0.850. The minimum atomic E-state index is -1.78. The summed E-state index contributed by atoms with van der Waals surface area (Å²) in [6, 6.07) is -0.827. The van der Waals surface area contributed by atoms with E-state index in [0.717, 1.165) is 77.0 Å². The molecule has 2 fully saturated rings. The number of ether oxygens (including phenoxy) is 4. The van der Waals surface area contributed by atoms with E-state index in [1.54, 1.807) is 0 Å². The van der Waals surface area contributed by atoms with Crippen LogP contribution < -0.4 is 5.32 Å². The SMILES string of the molecule is CC/C=C\C/C=C\C/C=C\C/C=C\CCCCCCCCCCCCCCCCCCC(=O)NC(COC1OC(CO)C(OC2OC(CO)C(O)C(O)C2O)C(O)C1O)C(O)CCCCCCCCCCCCC. The molecule has 2 saturated heterocycles. The lowest BCUT2D eigenvalue weighted by molar-refractivity contribution is -0.359. The molecular formula is C60H109NO13. The Morgan fingerprint density at radius 3 is 1.43 bits per heavy atom. The third-order valence-corrected chi connectivity index (χ3v) is 14.6. The highest BCUT2D eigenvalue weighted by atomic mass is 16.7. The molecule has 0 spiro atoms. The van der Waals surface area contributed by atoms with E-state index in [-0.39, 0.29) is 12.5 Å². The van der Waals surface area contributed by atoms with Crippen molar-refractivity contribution in [1.82, 2.24) is 5.32 Å². The van der Waals surface area contributed by atoms with Gasteiger partial charge in [0.15, 0.2) is 12.6 Å².